The second-order valence-corrected chi connectivity index (χ2v) is 7.04. The molecule has 1 saturated carbocycles. The summed E-state index contributed by atoms with van der Waals surface area (Å²) >= 11 is 0. The Balaban J connectivity index is 1.75. The Morgan fingerprint density at radius 2 is 2.19 bits per heavy atom. The van der Waals surface area contributed by atoms with Gasteiger partial charge in [-0.15, -0.1) is 0 Å². The van der Waals surface area contributed by atoms with Gasteiger partial charge in [0, 0.05) is 29.8 Å². The zero-order chi connectivity index (χ0) is 19.1. The summed E-state index contributed by atoms with van der Waals surface area (Å²) in [5.41, 5.74) is 8.60. The standard InChI is InChI=1S/C21H26N6/c1-2-11-24-20-17(7-3-15-4-8-18(23)12-15)14-25-21(27-20)26-19-9-5-16(13-22)6-10-19/h5,9,14-15,18H,2,4,6,8,10-12,23H2,1H3,(H2,24,25,26,27)/t15-,18+/m1/s1. The lowest BCUT2D eigenvalue weighted by Crippen LogP contribution is -2.14. The van der Waals surface area contributed by atoms with Gasteiger partial charge >= 0.3 is 0 Å². The molecule has 2 aliphatic rings. The summed E-state index contributed by atoms with van der Waals surface area (Å²) in [5.74, 6) is 8.25. The van der Waals surface area contributed by atoms with Gasteiger partial charge < -0.3 is 16.4 Å². The van der Waals surface area contributed by atoms with Gasteiger partial charge in [-0.1, -0.05) is 18.8 Å². The number of aromatic nitrogens is 2. The fraction of sp³-hybridized carbons (Fsp3) is 0.476. The molecule has 0 aromatic carbocycles. The molecule has 0 saturated heterocycles. The van der Waals surface area contributed by atoms with Gasteiger partial charge in [0.1, 0.15) is 5.82 Å². The molecule has 4 N–H and O–H groups in total. The second kappa shape index (κ2) is 9.21. The van der Waals surface area contributed by atoms with Crippen LogP contribution in [-0.4, -0.2) is 22.6 Å². The van der Waals surface area contributed by atoms with E-state index >= 15 is 0 Å². The van der Waals surface area contributed by atoms with Crippen molar-refractivity contribution in [1.82, 2.24) is 9.97 Å². The first-order chi connectivity index (χ1) is 13.2. The van der Waals surface area contributed by atoms with Crippen LogP contribution in [0.1, 0.15) is 51.0 Å². The summed E-state index contributed by atoms with van der Waals surface area (Å²) < 4.78 is 0. The fourth-order valence-corrected chi connectivity index (χ4v) is 3.22. The van der Waals surface area contributed by atoms with Gasteiger partial charge in [0.05, 0.1) is 17.8 Å². The number of nitrogens with zero attached hydrogens (tertiary/aromatic N) is 3. The van der Waals surface area contributed by atoms with Crippen LogP contribution in [0, 0.1) is 29.1 Å². The summed E-state index contributed by atoms with van der Waals surface area (Å²) in [4.78, 5) is 9.04. The highest BCUT2D eigenvalue weighted by Gasteiger charge is 2.19. The van der Waals surface area contributed by atoms with Crippen LogP contribution in [-0.2, 0) is 0 Å². The molecular weight excluding hydrogens is 336 g/mol. The van der Waals surface area contributed by atoms with Crippen molar-refractivity contribution in [3.05, 3.63) is 35.2 Å². The molecule has 6 nitrogen and oxygen atoms in total. The van der Waals surface area contributed by atoms with Crippen molar-refractivity contribution >= 4 is 11.8 Å². The average Bonchev–Trinajstić information content (AvgIpc) is 3.11. The largest absolute Gasteiger partial charge is 0.369 e. The van der Waals surface area contributed by atoms with E-state index in [-0.39, 0.29) is 6.04 Å². The maximum absolute atomic E-state index is 8.94. The lowest BCUT2D eigenvalue weighted by Gasteiger charge is -2.14. The number of allylic oxidation sites excluding steroid dienone is 4. The Morgan fingerprint density at radius 1 is 1.30 bits per heavy atom. The summed E-state index contributed by atoms with van der Waals surface area (Å²) in [6.07, 6.45) is 11.1. The molecule has 0 spiro atoms. The third-order valence-electron chi connectivity index (χ3n) is 4.78. The van der Waals surface area contributed by atoms with Crippen molar-refractivity contribution < 1.29 is 0 Å². The Morgan fingerprint density at radius 3 is 2.85 bits per heavy atom. The highest BCUT2D eigenvalue weighted by atomic mass is 15.1. The quantitative estimate of drug-likeness (QED) is 0.695. The van der Waals surface area contributed by atoms with Crippen molar-refractivity contribution in [3.63, 3.8) is 0 Å². The van der Waals surface area contributed by atoms with E-state index in [9.17, 15) is 0 Å². The number of nitrogens with one attached hydrogen (secondary N) is 2. The molecule has 1 aromatic rings. The molecule has 140 valence electrons. The van der Waals surface area contributed by atoms with Crippen molar-refractivity contribution in [2.75, 3.05) is 17.2 Å². The Kier molecular flexibility index (Phi) is 6.46. The zero-order valence-electron chi connectivity index (χ0n) is 15.8. The molecule has 0 aliphatic heterocycles. The number of hydrogen-bond donors (Lipinski definition) is 3. The highest BCUT2D eigenvalue weighted by Crippen LogP contribution is 2.24. The monoisotopic (exact) mass is 362 g/mol. The minimum Gasteiger partial charge on any atom is -0.369 e. The molecule has 3 rings (SSSR count). The van der Waals surface area contributed by atoms with E-state index in [2.05, 4.69) is 45.4 Å². The van der Waals surface area contributed by atoms with Crippen LogP contribution in [0.3, 0.4) is 0 Å². The van der Waals surface area contributed by atoms with E-state index in [4.69, 9.17) is 11.0 Å². The maximum Gasteiger partial charge on any atom is 0.228 e. The third-order valence-corrected chi connectivity index (χ3v) is 4.78. The molecule has 0 unspecified atom stereocenters. The van der Waals surface area contributed by atoms with Gasteiger partial charge in [-0.3, -0.25) is 0 Å². The maximum atomic E-state index is 8.94. The van der Waals surface area contributed by atoms with Crippen LogP contribution < -0.4 is 16.4 Å². The van der Waals surface area contributed by atoms with Crippen molar-refractivity contribution in [1.29, 1.82) is 5.26 Å². The molecular formula is C21H26N6. The Labute approximate surface area is 161 Å². The fourth-order valence-electron chi connectivity index (χ4n) is 3.22. The molecule has 1 fully saturated rings. The van der Waals surface area contributed by atoms with Crippen LogP contribution >= 0.6 is 0 Å². The minimum absolute atomic E-state index is 0.282. The van der Waals surface area contributed by atoms with Crippen LogP contribution in [0.25, 0.3) is 0 Å². The predicted molar refractivity (Wildman–Crippen MR) is 108 cm³/mol. The number of rotatable bonds is 5. The number of anilines is 2. The molecule has 27 heavy (non-hydrogen) atoms. The highest BCUT2D eigenvalue weighted by molar-refractivity contribution is 5.56. The minimum atomic E-state index is 0.282. The average molecular weight is 362 g/mol. The van der Waals surface area contributed by atoms with Crippen LogP contribution in [0.2, 0.25) is 0 Å². The van der Waals surface area contributed by atoms with Crippen LogP contribution in [0.15, 0.2) is 29.6 Å². The Hall–Kier alpha value is -2.83. The lowest BCUT2D eigenvalue weighted by molar-refractivity contribution is 0.667. The third kappa shape index (κ3) is 5.32. The molecule has 2 atom stereocenters. The molecule has 0 bridgehead atoms. The summed E-state index contributed by atoms with van der Waals surface area (Å²) in [7, 11) is 0. The van der Waals surface area contributed by atoms with Gasteiger partial charge in [-0.05, 0) is 50.7 Å². The van der Waals surface area contributed by atoms with E-state index in [0.717, 1.165) is 67.7 Å². The van der Waals surface area contributed by atoms with Crippen molar-refractivity contribution in [2.24, 2.45) is 11.7 Å². The molecule has 2 aliphatic carbocycles. The van der Waals surface area contributed by atoms with Gasteiger partial charge in [-0.2, -0.15) is 10.2 Å². The molecule has 0 radical (unpaired) electrons. The van der Waals surface area contributed by atoms with Gasteiger partial charge in [0.15, 0.2) is 0 Å². The van der Waals surface area contributed by atoms with Crippen LogP contribution in [0.5, 0.6) is 0 Å². The topological polar surface area (TPSA) is 99.6 Å². The first-order valence-electron chi connectivity index (χ1n) is 9.62. The summed E-state index contributed by atoms with van der Waals surface area (Å²) in [6.45, 7) is 2.95. The van der Waals surface area contributed by atoms with Gasteiger partial charge in [0.2, 0.25) is 5.95 Å². The summed E-state index contributed by atoms with van der Waals surface area (Å²) in [6, 6.07) is 2.47. The number of nitrogens with two attached hydrogens (primary N) is 1. The first kappa shape index (κ1) is 18.9. The summed E-state index contributed by atoms with van der Waals surface area (Å²) in [5, 5.41) is 15.5. The van der Waals surface area contributed by atoms with E-state index in [0.29, 0.717) is 11.9 Å². The number of nitriles is 1. The molecule has 6 heteroatoms. The lowest BCUT2D eigenvalue weighted by atomic mass is 10.0. The molecule has 1 heterocycles. The van der Waals surface area contributed by atoms with Crippen molar-refractivity contribution in [2.45, 2.75) is 51.5 Å². The van der Waals surface area contributed by atoms with E-state index in [1.54, 1.807) is 6.20 Å². The van der Waals surface area contributed by atoms with Crippen LogP contribution in [0.4, 0.5) is 11.8 Å². The van der Waals surface area contributed by atoms with E-state index < -0.39 is 0 Å². The smallest absolute Gasteiger partial charge is 0.228 e. The van der Waals surface area contributed by atoms with Crippen molar-refractivity contribution in [3.8, 4) is 17.9 Å². The SMILES string of the molecule is CCCNc1nc(NC2=CC=C(C#N)CC2)ncc1C#C[C@@H]1CC[C@H](N)C1. The Bertz CT molecular complexity index is 836. The normalized spacial score (nSPS) is 21.4. The molecule has 1 aromatic heterocycles. The molecule has 0 amide bonds. The zero-order valence-corrected chi connectivity index (χ0v) is 15.8. The predicted octanol–water partition coefficient (Wildman–Crippen LogP) is 3.32. The first-order valence-corrected chi connectivity index (χ1v) is 9.62. The van der Waals surface area contributed by atoms with Gasteiger partial charge in [0.25, 0.3) is 0 Å². The number of hydrogen-bond acceptors (Lipinski definition) is 6. The van der Waals surface area contributed by atoms with E-state index in [1.807, 2.05) is 12.2 Å². The van der Waals surface area contributed by atoms with Gasteiger partial charge in [-0.25, -0.2) is 4.98 Å². The second-order valence-electron chi connectivity index (χ2n) is 7.04. The van der Waals surface area contributed by atoms with E-state index in [1.165, 1.54) is 0 Å².